The van der Waals surface area contributed by atoms with Crippen molar-refractivity contribution >= 4 is 0 Å². The zero-order valence-electron chi connectivity index (χ0n) is 12.0. The van der Waals surface area contributed by atoms with Crippen molar-refractivity contribution in [2.24, 2.45) is 0 Å². The van der Waals surface area contributed by atoms with E-state index in [1.54, 1.807) is 0 Å². The maximum Gasteiger partial charge on any atom is 0.187 e. The van der Waals surface area contributed by atoms with Gasteiger partial charge in [-0.2, -0.15) is 0 Å². The SMILES string of the molecule is OC[C@H]1O[C@@H](O[C@H]2C(O)O[C@H](CO)[C@H](O)[C@@H]2O)[C@H](O)[C@@H](O)[C@H]1O. The summed E-state index contributed by atoms with van der Waals surface area (Å²) in [5.74, 6) is 0. The zero-order chi connectivity index (χ0) is 17.3. The number of hydrogen-bond donors (Lipinski definition) is 8. The molecule has 11 nitrogen and oxygen atoms in total. The molecule has 0 saturated carbocycles. The third kappa shape index (κ3) is 3.65. The van der Waals surface area contributed by atoms with Gasteiger partial charge in [0, 0.05) is 0 Å². The van der Waals surface area contributed by atoms with Crippen molar-refractivity contribution in [3.8, 4) is 0 Å². The maximum atomic E-state index is 9.94. The molecule has 136 valence electrons. The molecule has 0 aromatic rings. The molecule has 0 aromatic heterocycles. The molecule has 10 atom stereocenters. The Morgan fingerprint density at radius 1 is 0.652 bits per heavy atom. The first-order valence-corrected chi connectivity index (χ1v) is 7.08. The highest BCUT2D eigenvalue weighted by Gasteiger charge is 2.50. The number of hydrogen-bond acceptors (Lipinski definition) is 11. The monoisotopic (exact) mass is 342 g/mol. The van der Waals surface area contributed by atoms with Gasteiger partial charge in [0.05, 0.1) is 13.2 Å². The topological polar surface area (TPSA) is 190 Å². The van der Waals surface area contributed by atoms with E-state index >= 15 is 0 Å². The summed E-state index contributed by atoms with van der Waals surface area (Å²) in [5.41, 5.74) is 0. The Kier molecular flexibility index (Phi) is 6.27. The van der Waals surface area contributed by atoms with Crippen molar-refractivity contribution in [1.82, 2.24) is 0 Å². The van der Waals surface area contributed by atoms with E-state index in [9.17, 15) is 30.6 Å². The normalized spacial score (nSPS) is 51.7. The third-order valence-electron chi connectivity index (χ3n) is 3.98. The largest absolute Gasteiger partial charge is 0.394 e. The van der Waals surface area contributed by atoms with Crippen molar-refractivity contribution in [3.63, 3.8) is 0 Å². The summed E-state index contributed by atoms with van der Waals surface area (Å²) < 4.78 is 15.1. The summed E-state index contributed by atoms with van der Waals surface area (Å²) >= 11 is 0. The summed E-state index contributed by atoms with van der Waals surface area (Å²) in [6.07, 6.45) is -15.6. The summed E-state index contributed by atoms with van der Waals surface area (Å²) in [5, 5.41) is 76.7. The van der Waals surface area contributed by atoms with Crippen LogP contribution < -0.4 is 0 Å². The lowest BCUT2D eigenvalue weighted by Gasteiger charge is -2.44. The standard InChI is InChI=1S/C12H22O11/c13-1-3-6(16)8(18)10(11(20)21-3)23-12-9(19)7(17)5(15)4(2-14)22-12/h3-20H,1-2H2/t3-,4-,5+,6+,7+,8+,9-,10-,11?,12+/m1/s1. The Labute approximate surface area is 130 Å². The van der Waals surface area contributed by atoms with E-state index in [1.165, 1.54) is 0 Å². The molecule has 2 fully saturated rings. The number of aliphatic hydroxyl groups is 8. The van der Waals surface area contributed by atoms with Gasteiger partial charge in [-0.15, -0.1) is 0 Å². The van der Waals surface area contributed by atoms with E-state index in [0.29, 0.717) is 0 Å². The van der Waals surface area contributed by atoms with Gasteiger partial charge in [0.2, 0.25) is 0 Å². The lowest BCUT2D eigenvalue weighted by molar-refractivity contribution is -0.361. The first kappa shape index (κ1) is 18.9. The highest BCUT2D eigenvalue weighted by molar-refractivity contribution is 4.93. The van der Waals surface area contributed by atoms with Crippen LogP contribution in [-0.4, -0.2) is 115 Å². The first-order valence-electron chi connectivity index (χ1n) is 7.08. The molecular formula is C12H22O11. The van der Waals surface area contributed by atoms with E-state index in [2.05, 4.69) is 0 Å². The van der Waals surface area contributed by atoms with Gasteiger partial charge in [0.15, 0.2) is 12.6 Å². The molecule has 0 radical (unpaired) electrons. The average molecular weight is 342 g/mol. The molecule has 2 heterocycles. The first-order chi connectivity index (χ1) is 10.8. The lowest BCUT2D eigenvalue weighted by Crippen LogP contribution is -2.64. The minimum absolute atomic E-state index is 0.651. The minimum atomic E-state index is -1.75. The van der Waals surface area contributed by atoms with E-state index < -0.39 is 74.6 Å². The fourth-order valence-electron chi connectivity index (χ4n) is 2.55. The van der Waals surface area contributed by atoms with Gasteiger partial charge in [0.1, 0.15) is 48.8 Å². The Morgan fingerprint density at radius 2 is 1.17 bits per heavy atom. The van der Waals surface area contributed by atoms with Gasteiger partial charge < -0.3 is 55.1 Å². The molecule has 11 heteroatoms. The van der Waals surface area contributed by atoms with Gasteiger partial charge >= 0.3 is 0 Å². The van der Waals surface area contributed by atoms with Crippen molar-refractivity contribution in [2.45, 2.75) is 61.4 Å². The van der Waals surface area contributed by atoms with Gasteiger partial charge in [-0.05, 0) is 0 Å². The van der Waals surface area contributed by atoms with Crippen LogP contribution in [0.3, 0.4) is 0 Å². The smallest absolute Gasteiger partial charge is 0.187 e. The highest BCUT2D eigenvalue weighted by Crippen LogP contribution is 2.28. The van der Waals surface area contributed by atoms with Crippen LogP contribution in [0.5, 0.6) is 0 Å². The summed E-state index contributed by atoms with van der Waals surface area (Å²) in [4.78, 5) is 0. The van der Waals surface area contributed by atoms with E-state index in [1.807, 2.05) is 0 Å². The second kappa shape index (κ2) is 7.63. The van der Waals surface area contributed by atoms with Crippen molar-refractivity contribution < 1.29 is 55.1 Å². The van der Waals surface area contributed by atoms with E-state index in [0.717, 1.165) is 0 Å². The molecule has 0 aliphatic carbocycles. The van der Waals surface area contributed by atoms with Crippen molar-refractivity contribution in [1.29, 1.82) is 0 Å². The summed E-state index contributed by atoms with van der Waals surface area (Å²) in [6, 6.07) is 0. The van der Waals surface area contributed by atoms with Crippen LogP contribution in [0.2, 0.25) is 0 Å². The van der Waals surface area contributed by atoms with Crippen LogP contribution in [0.25, 0.3) is 0 Å². The van der Waals surface area contributed by atoms with Crippen LogP contribution in [0, 0.1) is 0 Å². The zero-order valence-corrected chi connectivity index (χ0v) is 12.0. The quantitative estimate of drug-likeness (QED) is 0.243. The molecule has 2 saturated heterocycles. The molecule has 0 aromatic carbocycles. The Bertz CT molecular complexity index is 380. The van der Waals surface area contributed by atoms with Crippen LogP contribution >= 0.6 is 0 Å². The van der Waals surface area contributed by atoms with Crippen LogP contribution in [-0.2, 0) is 14.2 Å². The molecule has 23 heavy (non-hydrogen) atoms. The molecule has 2 rings (SSSR count). The van der Waals surface area contributed by atoms with Gasteiger partial charge in [0.25, 0.3) is 0 Å². The average Bonchev–Trinajstić information content (AvgIpc) is 2.54. The lowest BCUT2D eigenvalue weighted by atomic mass is 9.97. The predicted octanol–water partition coefficient (Wildman–Crippen LogP) is -5.40. The molecule has 2 aliphatic heterocycles. The fourth-order valence-corrected chi connectivity index (χ4v) is 2.55. The number of rotatable bonds is 4. The fraction of sp³-hybridized carbons (Fsp3) is 1.00. The van der Waals surface area contributed by atoms with Crippen LogP contribution in [0.4, 0.5) is 0 Å². The molecule has 0 bridgehead atoms. The van der Waals surface area contributed by atoms with Gasteiger partial charge in [-0.1, -0.05) is 0 Å². The maximum absolute atomic E-state index is 9.94. The molecule has 2 aliphatic rings. The third-order valence-corrected chi connectivity index (χ3v) is 3.98. The number of aliphatic hydroxyl groups excluding tert-OH is 8. The highest BCUT2D eigenvalue weighted by atomic mass is 16.7. The van der Waals surface area contributed by atoms with Crippen molar-refractivity contribution in [2.75, 3.05) is 13.2 Å². The van der Waals surface area contributed by atoms with E-state index in [-0.39, 0.29) is 0 Å². The van der Waals surface area contributed by atoms with Crippen LogP contribution in [0.1, 0.15) is 0 Å². The Balaban J connectivity index is 2.08. The van der Waals surface area contributed by atoms with E-state index in [4.69, 9.17) is 24.4 Å². The minimum Gasteiger partial charge on any atom is -0.394 e. The second-order valence-electron chi connectivity index (χ2n) is 5.53. The predicted molar refractivity (Wildman–Crippen MR) is 68.6 cm³/mol. The molecule has 8 N–H and O–H groups in total. The molecule has 0 spiro atoms. The number of ether oxygens (including phenoxy) is 3. The second-order valence-corrected chi connectivity index (χ2v) is 5.53. The molecule has 1 unspecified atom stereocenters. The molecule has 0 amide bonds. The van der Waals surface area contributed by atoms with Gasteiger partial charge in [-0.25, -0.2) is 0 Å². The van der Waals surface area contributed by atoms with Gasteiger partial charge in [-0.3, -0.25) is 0 Å². The van der Waals surface area contributed by atoms with Crippen molar-refractivity contribution in [3.05, 3.63) is 0 Å². The molecular weight excluding hydrogens is 320 g/mol. The Hall–Kier alpha value is -0.440. The summed E-state index contributed by atoms with van der Waals surface area (Å²) in [7, 11) is 0. The Morgan fingerprint density at radius 3 is 1.74 bits per heavy atom. The summed E-state index contributed by atoms with van der Waals surface area (Å²) in [6.45, 7) is -1.33. The van der Waals surface area contributed by atoms with Crippen LogP contribution in [0.15, 0.2) is 0 Å².